The molecule has 1 aromatic heterocycles. The first-order valence-corrected chi connectivity index (χ1v) is 7.55. The second-order valence-electron chi connectivity index (χ2n) is 4.19. The van der Waals surface area contributed by atoms with Crippen molar-refractivity contribution in [2.24, 2.45) is 0 Å². The highest BCUT2D eigenvalue weighted by molar-refractivity contribution is 7.99. The van der Waals surface area contributed by atoms with Gasteiger partial charge in [0, 0.05) is 16.1 Å². The first-order chi connectivity index (χ1) is 10.8. The van der Waals surface area contributed by atoms with Crippen LogP contribution in [0.2, 0.25) is 5.02 Å². The van der Waals surface area contributed by atoms with Gasteiger partial charge in [0.15, 0.2) is 10.9 Å². The maximum atomic E-state index is 13.1. The number of carbonyl (C=O) groups is 1. The van der Waals surface area contributed by atoms with Crippen LogP contribution in [0, 0.1) is 0 Å². The van der Waals surface area contributed by atoms with Crippen molar-refractivity contribution in [2.75, 3.05) is 6.61 Å². The normalized spacial score (nSPS) is 11.3. The van der Waals surface area contributed by atoms with E-state index in [-0.39, 0.29) is 11.8 Å². The van der Waals surface area contributed by atoms with Crippen LogP contribution in [0.3, 0.4) is 0 Å². The molecule has 0 spiro atoms. The quantitative estimate of drug-likeness (QED) is 0.593. The van der Waals surface area contributed by atoms with E-state index < -0.39 is 23.4 Å². The van der Waals surface area contributed by atoms with Crippen molar-refractivity contribution in [3.05, 3.63) is 46.7 Å². The van der Waals surface area contributed by atoms with Gasteiger partial charge in [-0.2, -0.15) is 13.2 Å². The molecule has 1 heterocycles. The van der Waals surface area contributed by atoms with Gasteiger partial charge in [0.05, 0.1) is 6.61 Å². The van der Waals surface area contributed by atoms with Gasteiger partial charge in [0.2, 0.25) is 0 Å². The fourth-order valence-corrected chi connectivity index (χ4v) is 2.45. The predicted octanol–water partition coefficient (Wildman–Crippen LogP) is 4.48. The highest BCUT2D eigenvalue weighted by atomic mass is 35.5. The van der Waals surface area contributed by atoms with Gasteiger partial charge in [-0.1, -0.05) is 11.6 Å². The molecule has 0 saturated heterocycles. The van der Waals surface area contributed by atoms with Crippen LogP contribution in [0.15, 0.2) is 40.5 Å². The molecule has 0 amide bonds. The van der Waals surface area contributed by atoms with E-state index in [0.29, 0.717) is 9.92 Å². The maximum Gasteiger partial charge on any atom is 0.434 e. The highest BCUT2D eigenvalue weighted by Gasteiger charge is 2.38. The SMILES string of the molecule is CCOC(=O)c1cnc(Sc2ccc(Cl)cc2)nc1C(F)(F)F. The van der Waals surface area contributed by atoms with E-state index in [1.165, 1.54) is 6.92 Å². The number of benzene rings is 1. The average Bonchev–Trinajstić information content (AvgIpc) is 2.49. The fraction of sp³-hybridized carbons (Fsp3) is 0.214. The molecular weight excluding hydrogens is 353 g/mol. The molecule has 9 heteroatoms. The largest absolute Gasteiger partial charge is 0.462 e. The summed E-state index contributed by atoms with van der Waals surface area (Å²) in [5, 5.41) is 0.372. The Kier molecular flexibility index (Phi) is 5.48. The Morgan fingerprint density at radius 2 is 1.96 bits per heavy atom. The van der Waals surface area contributed by atoms with E-state index in [1.54, 1.807) is 24.3 Å². The van der Waals surface area contributed by atoms with Crippen LogP contribution in [-0.4, -0.2) is 22.5 Å². The summed E-state index contributed by atoms with van der Waals surface area (Å²) in [6.07, 6.45) is -3.97. The molecule has 0 bridgehead atoms. The zero-order valence-electron chi connectivity index (χ0n) is 11.7. The average molecular weight is 363 g/mol. The number of nitrogens with zero attached hydrogens (tertiary/aromatic N) is 2. The number of carbonyl (C=O) groups excluding carboxylic acids is 1. The Morgan fingerprint density at radius 1 is 1.30 bits per heavy atom. The topological polar surface area (TPSA) is 52.1 Å². The molecule has 1 aromatic carbocycles. The summed E-state index contributed by atoms with van der Waals surface area (Å²) >= 11 is 6.67. The first-order valence-electron chi connectivity index (χ1n) is 6.36. The summed E-state index contributed by atoms with van der Waals surface area (Å²) in [6, 6.07) is 6.45. The Labute approximate surface area is 139 Å². The summed E-state index contributed by atoms with van der Waals surface area (Å²) in [6.45, 7) is 1.45. The van der Waals surface area contributed by atoms with Crippen LogP contribution in [0.25, 0.3) is 0 Å². The molecule has 0 radical (unpaired) electrons. The molecule has 0 fully saturated rings. The van der Waals surface area contributed by atoms with Gasteiger partial charge < -0.3 is 4.74 Å². The summed E-state index contributed by atoms with van der Waals surface area (Å²) < 4.78 is 43.9. The predicted molar refractivity (Wildman–Crippen MR) is 78.6 cm³/mol. The van der Waals surface area contributed by atoms with Crippen molar-refractivity contribution >= 4 is 29.3 Å². The van der Waals surface area contributed by atoms with E-state index in [2.05, 4.69) is 14.7 Å². The minimum absolute atomic E-state index is 0.0442. The summed E-state index contributed by atoms with van der Waals surface area (Å²) in [4.78, 5) is 19.5. The number of aromatic nitrogens is 2. The Balaban J connectivity index is 2.36. The molecule has 122 valence electrons. The zero-order valence-corrected chi connectivity index (χ0v) is 13.3. The molecule has 23 heavy (non-hydrogen) atoms. The lowest BCUT2D eigenvalue weighted by atomic mass is 10.2. The molecule has 0 aliphatic carbocycles. The lowest BCUT2D eigenvalue weighted by molar-refractivity contribution is -0.142. The van der Waals surface area contributed by atoms with E-state index in [9.17, 15) is 18.0 Å². The number of esters is 1. The highest BCUT2D eigenvalue weighted by Crippen LogP contribution is 2.33. The van der Waals surface area contributed by atoms with Gasteiger partial charge in [-0.3, -0.25) is 0 Å². The summed E-state index contributed by atoms with van der Waals surface area (Å²) in [5.41, 5.74) is -2.03. The Hall–Kier alpha value is -1.80. The van der Waals surface area contributed by atoms with Crippen molar-refractivity contribution in [3.63, 3.8) is 0 Å². The van der Waals surface area contributed by atoms with Crippen molar-refractivity contribution in [1.29, 1.82) is 0 Å². The molecule has 0 atom stereocenters. The molecule has 0 aliphatic rings. The molecule has 0 unspecified atom stereocenters. The lowest BCUT2D eigenvalue weighted by Crippen LogP contribution is -2.18. The summed E-state index contributed by atoms with van der Waals surface area (Å²) in [7, 11) is 0. The van der Waals surface area contributed by atoms with Gasteiger partial charge in [-0.15, -0.1) is 0 Å². The van der Waals surface area contributed by atoms with Crippen LogP contribution < -0.4 is 0 Å². The van der Waals surface area contributed by atoms with Gasteiger partial charge in [-0.05, 0) is 43.0 Å². The third-order valence-electron chi connectivity index (χ3n) is 2.55. The van der Waals surface area contributed by atoms with Crippen LogP contribution >= 0.6 is 23.4 Å². The number of ether oxygens (including phenoxy) is 1. The Morgan fingerprint density at radius 3 is 2.52 bits per heavy atom. The second-order valence-corrected chi connectivity index (χ2v) is 5.67. The summed E-state index contributed by atoms with van der Waals surface area (Å²) in [5.74, 6) is -1.11. The van der Waals surface area contributed by atoms with E-state index in [1.807, 2.05) is 0 Å². The number of hydrogen-bond acceptors (Lipinski definition) is 5. The number of rotatable bonds is 4. The lowest BCUT2D eigenvalue weighted by Gasteiger charge is -2.11. The molecule has 4 nitrogen and oxygen atoms in total. The molecule has 0 aliphatic heterocycles. The molecular formula is C14H10ClF3N2O2S. The number of halogens is 4. The van der Waals surface area contributed by atoms with E-state index in [0.717, 1.165) is 18.0 Å². The van der Waals surface area contributed by atoms with Crippen LogP contribution in [0.4, 0.5) is 13.2 Å². The van der Waals surface area contributed by atoms with Gasteiger partial charge in [0.1, 0.15) is 5.56 Å². The van der Waals surface area contributed by atoms with Crippen molar-refractivity contribution in [2.45, 2.75) is 23.2 Å². The van der Waals surface area contributed by atoms with Crippen LogP contribution in [-0.2, 0) is 10.9 Å². The molecule has 2 aromatic rings. The third kappa shape index (κ3) is 4.59. The fourth-order valence-electron chi connectivity index (χ4n) is 1.60. The van der Waals surface area contributed by atoms with Crippen molar-refractivity contribution in [1.82, 2.24) is 9.97 Å². The van der Waals surface area contributed by atoms with Crippen LogP contribution in [0.1, 0.15) is 23.0 Å². The minimum Gasteiger partial charge on any atom is -0.462 e. The van der Waals surface area contributed by atoms with Crippen molar-refractivity contribution < 1.29 is 22.7 Å². The minimum atomic E-state index is -4.79. The molecule has 2 rings (SSSR count). The zero-order chi connectivity index (χ0) is 17.0. The molecule has 0 saturated carbocycles. The standard InChI is InChI=1S/C14H10ClF3N2O2S/c1-2-22-12(21)10-7-19-13(20-11(10)14(16,17)18)23-9-5-3-8(15)4-6-9/h3-7H,2H2,1H3. The van der Waals surface area contributed by atoms with E-state index in [4.69, 9.17) is 11.6 Å². The number of alkyl halides is 3. The van der Waals surface area contributed by atoms with Crippen molar-refractivity contribution in [3.8, 4) is 0 Å². The first kappa shape index (κ1) is 17.6. The molecule has 0 N–H and O–H groups in total. The smallest absolute Gasteiger partial charge is 0.434 e. The van der Waals surface area contributed by atoms with Gasteiger partial charge >= 0.3 is 12.1 Å². The number of hydrogen-bond donors (Lipinski definition) is 0. The third-order valence-corrected chi connectivity index (χ3v) is 3.69. The van der Waals surface area contributed by atoms with Crippen LogP contribution in [0.5, 0.6) is 0 Å². The Bertz CT molecular complexity index is 708. The van der Waals surface area contributed by atoms with Gasteiger partial charge in [0.25, 0.3) is 0 Å². The maximum absolute atomic E-state index is 13.1. The van der Waals surface area contributed by atoms with E-state index >= 15 is 0 Å². The monoisotopic (exact) mass is 362 g/mol. The van der Waals surface area contributed by atoms with Gasteiger partial charge in [-0.25, -0.2) is 14.8 Å². The second kappa shape index (κ2) is 7.18.